The molecule has 0 spiro atoms. The minimum atomic E-state index is -3.57. The first-order valence-electron chi connectivity index (χ1n) is 11.4. The molecule has 0 fully saturated rings. The Balaban J connectivity index is 1.97. The van der Waals surface area contributed by atoms with E-state index in [1.807, 2.05) is 12.1 Å². The predicted octanol–water partition coefficient (Wildman–Crippen LogP) is 6.36. The highest BCUT2D eigenvalue weighted by Crippen LogP contribution is 2.50. The number of aliphatic hydroxyl groups is 1. The van der Waals surface area contributed by atoms with Gasteiger partial charge in [0.25, 0.3) is 5.92 Å². The number of alkyl halides is 3. The number of halogens is 4. The third-order valence-corrected chi connectivity index (χ3v) is 6.67. The zero-order chi connectivity index (χ0) is 26.4. The summed E-state index contributed by atoms with van der Waals surface area (Å²) in [6, 6.07) is 12.3. The Hall–Kier alpha value is -3.88. The van der Waals surface area contributed by atoms with Gasteiger partial charge in [0.2, 0.25) is 0 Å². The van der Waals surface area contributed by atoms with Crippen molar-refractivity contribution in [1.29, 1.82) is 10.5 Å². The summed E-state index contributed by atoms with van der Waals surface area (Å²) in [5.41, 5.74) is 7.35. The number of hydrogen-bond donors (Lipinski definition) is 2. The Morgan fingerprint density at radius 1 is 1.17 bits per heavy atom. The highest BCUT2D eigenvalue weighted by molar-refractivity contribution is 5.82. The minimum Gasteiger partial charge on any atom is -0.398 e. The molecule has 0 radical (unpaired) electrons. The highest BCUT2D eigenvalue weighted by Gasteiger charge is 2.49. The van der Waals surface area contributed by atoms with E-state index >= 15 is 4.39 Å². The molecule has 0 aromatic heterocycles. The van der Waals surface area contributed by atoms with Crippen molar-refractivity contribution in [3.63, 3.8) is 0 Å². The van der Waals surface area contributed by atoms with Crippen molar-refractivity contribution < 1.29 is 22.7 Å². The number of aryl methyl sites for hydroxylation is 1. The molecule has 0 bridgehead atoms. The first-order valence-corrected chi connectivity index (χ1v) is 11.4. The lowest BCUT2D eigenvalue weighted by Gasteiger charge is -2.20. The highest BCUT2D eigenvalue weighted by atomic mass is 19.3. The van der Waals surface area contributed by atoms with Gasteiger partial charge in [0.05, 0.1) is 23.3 Å². The van der Waals surface area contributed by atoms with E-state index in [9.17, 15) is 23.5 Å². The van der Waals surface area contributed by atoms with E-state index in [-0.39, 0.29) is 63.0 Å². The van der Waals surface area contributed by atoms with Gasteiger partial charge in [0.1, 0.15) is 18.1 Å². The molecule has 4 nitrogen and oxygen atoms in total. The van der Waals surface area contributed by atoms with Crippen molar-refractivity contribution in [2.45, 2.75) is 51.3 Å². The SMILES string of the molecule is CCC(F)c1cc(C)cc(C#N)c1Cc1cc(F)c(-c2ccc(C#N)cc2N)c2c1CC(F)(F)C2O. The van der Waals surface area contributed by atoms with E-state index in [0.717, 1.165) is 6.07 Å². The maximum absolute atomic E-state index is 15.6. The lowest BCUT2D eigenvalue weighted by atomic mass is 9.86. The van der Waals surface area contributed by atoms with Gasteiger partial charge in [0, 0.05) is 28.8 Å². The van der Waals surface area contributed by atoms with Crippen molar-refractivity contribution in [2.24, 2.45) is 0 Å². The van der Waals surface area contributed by atoms with Crippen LogP contribution in [-0.4, -0.2) is 11.0 Å². The number of nitriles is 2. The van der Waals surface area contributed by atoms with Gasteiger partial charge in [-0.25, -0.2) is 17.6 Å². The van der Waals surface area contributed by atoms with Crippen molar-refractivity contribution in [3.8, 4) is 23.3 Å². The second-order valence-corrected chi connectivity index (χ2v) is 9.08. The topological polar surface area (TPSA) is 93.8 Å². The molecular formula is C28H23F4N3O. The molecule has 3 aromatic carbocycles. The molecule has 2 unspecified atom stereocenters. The molecule has 36 heavy (non-hydrogen) atoms. The summed E-state index contributed by atoms with van der Waals surface area (Å²) in [4.78, 5) is 0. The van der Waals surface area contributed by atoms with Crippen molar-refractivity contribution in [1.82, 2.24) is 0 Å². The van der Waals surface area contributed by atoms with E-state index in [2.05, 4.69) is 0 Å². The fraction of sp³-hybridized carbons (Fsp3) is 0.286. The molecule has 0 saturated heterocycles. The number of nitrogen functional groups attached to an aromatic ring is 1. The number of fused-ring (bicyclic) bond motifs is 1. The van der Waals surface area contributed by atoms with Gasteiger partial charge in [-0.1, -0.05) is 19.1 Å². The molecule has 0 saturated carbocycles. The van der Waals surface area contributed by atoms with Crippen LogP contribution >= 0.6 is 0 Å². The molecule has 8 heteroatoms. The summed E-state index contributed by atoms with van der Waals surface area (Å²) in [5, 5.41) is 29.3. The first-order chi connectivity index (χ1) is 17.0. The maximum atomic E-state index is 15.6. The van der Waals surface area contributed by atoms with Gasteiger partial charge in [0.15, 0.2) is 0 Å². The minimum absolute atomic E-state index is 0.00104. The van der Waals surface area contributed by atoms with Crippen molar-refractivity contribution in [3.05, 3.63) is 86.7 Å². The van der Waals surface area contributed by atoms with E-state index in [1.54, 1.807) is 26.0 Å². The van der Waals surface area contributed by atoms with E-state index < -0.39 is 30.4 Å². The molecule has 0 amide bonds. The molecular weight excluding hydrogens is 470 g/mol. The van der Waals surface area contributed by atoms with Crippen LogP contribution in [0.4, 0.5) is 23.2 Å². The largest absolute Gasteiger partial charge is 0.398 e. The zero-order valence-electron chi connectivity index (χ0n) is 19.7. The van der Waals surface area contributed by atoms with Crippen LogP contribution in [0, 0.1) is 35.4 Å². The lowest BCUT2D eigenvalue weighted by Crippen LogP contribution is -2.21. The molecule has 3 N–H and O–H groups in total. The van der Waals surface area contributed by atoms with Crippen molar-refractivity contribution >= 4 is 5.69 Å². The summed E-state index contributed by atoms with van der Waals surface area (Å²) >= 11 is 0. The quantitative estimate of drug-likeness (QED) is 0.319. The summed E-state index contributed by atoms with van der Waals surface area (Å²) < 4.78 is 60.1. The van der Waals surface area contributed by atoms with Crippen LogP contribution in [0.5, 0.6) is 0 Å². The Labute approximate surface area is 206 Å². The second-order valence-electron chi connectivity index (χ2n) is 9.08. The number of rotatable bonds is 5. The Morgan fingerprint density at radius 2 is 1.89 bits per heavy atom. The smallest absolute Gasteiger partial charge is 0.281 e. The van der Waals surface area contributed by atoms with Crippen LogP contribution in [0.2, 0.25) is 0 Å². The van der Waals surface area contributed by atoms with Crippen LogP contribution in [0.1, 0.15) is 70.1 Å². The van der Waals surface area contributed by atoms with E-state index in [1.165, 1.54) is 18.2 Å². The summed E-state index contributed by atoms with van der Waals surface area (Å²) in [5.74, 6) is -4.46. The third kappa shape index (κ3) is 4.19. The van der Waals surface area contributed by atoms with Gasteiger partial charge in [-0.05, 0) is 71.8 Å². The first kappa shape index (κ1) is 25.2. The third-order valence-electron chi connectivity index (χ3n) is 6.67. The number of anilines is 1. The van der Waals surface area contributed by atoms with Gasteiger partial charge in [-0.3, -0.25) is 0 Å². The van der Waals surface area contributed by atoms with Gasteiger partial charge < -0.3 is 10.8 Å². The summed E-state index contributed by atoms with van der Waals surface area (Å²) in [6.07, 6.45) is -4.55. The summed E-state index contributed by atoms with van der Waals surface area (Å²) in [6.45, 7) is 3.37. The molecule has 0 heterocycles. The maximum Gasteiger partial charge on any atom is 0.281 e. The molecule has 184 valence electrons. The second kappa shape index (κ2) is 9.29. The van der Waals surface area contributed by atoms with Crippen LogP contribution in [0.15, 0.2) is 36.4 Å². The number of benzene rings is 3. The Morgan fingerprint density at radius 3 is 2.50 bits per heavy atom. The van der Waals surface area contributed by atoms with Crippen LogP contribution in [-0.2, 0) is 12.8 Å². The fourth-order valence-corrected chi connectivity index (χ4v) is 4.94. The summed E-state index contributed by atoms with van der Waals surface area (Å²) in [7, 11) is 0. The van der Waals surface area contributed by atoms with Crippen molar-refractivity contribution in [2.75, 3.05) is 5.73 Å². The fourth-order valence-electron chi connectivity index (χ4n) is 4.94. The molecule has 3 aromatic rings. The van der Waals surface area contributed by atoms with Gasteiger partial charge in [-0.15, -0.1) is 0 Å². The monoisotopic (exact) mass is 493 g/mol. The number of aliphatic hydroxyl groups excluding tert-OH is 1. The lowest BCUT2D eigenvalue weighted by molar-refractivity contribution is -0.0967. The normalized spacial score (nSPS) is 16.8. The molecule has 0 aliphatic heterocycles. The average Bonchev–Trinajstić information content (AvgIpc) is 3.08. The van der Waals surface area contributed by atoms with Gasteiger partial charge >= 0.3 is 0 Å². The van der Waals surface area contributed by atoms with E-state index in [0.29, 0.717) is 11.1 Å². The predicted molar refractivity (Wildman–Crippen MR) is 127 cm³/mol. The van der Waals surface area contributed by atoms with E-state index in [4.69, 9.17) is 11.0 Å². The molecule has 1 aliphatic rings. The Bertz CT molecular complexity index is 1450. The Kier molecular flexibility index (Phi) is 6.51. The zero-order valence-corrected chi connectivity index (χ0v) is 19.7. The molecule has 2 atom stereocenters. The number of hydrogen-bond acceptors (Lipinski definition) is 4. The number of nitrogens with zero attached hydrogens (tertiary/aromatic N) is 2. The van der Waals surface area contributed by atoms with Crippen LogP contribution in [0.3, 0.4) is 0 Å². The van der Waals surface area contributed by atoms with Crippen LogP contribution < -0.4 is 5.73 Å². The van der Waals surface area contributed by atoms with Gasteiger partial charge in [-0.2, -0.15) is 10.5 Å². The molecule has 4 rings (SSSR count). The number of nitrogens with two attached hydrogens (primary N) is 1. The molecule has 1 aliphatic carbocycles. The van der Waals surface area contributed by atoms with Crippen LogP contribution in [0.25, 0.3) is 11.1 Å². The average molecular weight is 494 g/mol. The standard InChI is InChI=1S/C28H23F4N3O/c1-3-22(29)20-7-14(2)6-17(13-34)19(20)9-16-10-23(30)25(18-5-4-15(12-33)8-24(18)35)26-21(16)11-28(31,32)27(26)36/h4-8,10,22,27,36H,3,9,11,35H2,1-2H3.